The summed E-state index contributed by atoms with van der Waals surface area (Å²) in [5.41, 5.74) is 2.77. The Morgan fingerprint density at radius 3 is 1.35 bits per heavy atom. The molecule has 2 heterocycles. The molecule has 0 spiro atoms. The van der Waals surface area contributed by atoms with Crippen LogP contribution in [0.1, 0.15) is 24.6 Å². The van der Waals surface area contributed by atoms with Gasteiger partial charge >= 0.3 is 0 Å². The highest BCUT2D eigenvalue weighted by Gasteiger charge is 2.45. The molecule has 0 radical (unpaired) electrons. The molecule has 2 aliphatic heterocycles. The lowest BCUT2D eigenvalue weighted by atomic mass is 10.1. The number of para-hydroxylation sites is 2. The van der Waals surface area contributed by atoms with E-state index in [9.17, 15) is 9.59 Å². The van der Waals surface area contributed by atoms with Crippen LogP contribution in [0.25, 0.3) is 0 Å². The van der Waals surface area contributed by atoms with Gasteiger partial charge in [0, 0.05) is 25.9 Å². The summed E-state index contributed by atoms with van der Waals surface area (Å²) in [5, 5.41) is 7.50. The first-order chi connectivity index (χ1) is 15.2. The van der Waals surface area contributed by atoms with Crippen molar-refractivity contribution < 1.29 is 9.59 Å². The molecule has 2 aliphatic rings. The fraction of sp³-hybridized carbons (Fsp3) is 0.200. The molecule has 156 valence electrons. The number of carbonyl (C=O) groups excluding carboxylic acids is 2. The number of benzene rings is 3. The average molecular weight is 412 g/mol. The number of nitrogens with zero attached hydrogens (tertiary/aromatic N) is 4. The summed E-state index contributed by atoms with van der Waals surface area (Å²) >= 11 is 0. The van der Waals surface area contributed by atoms with Gasteiger partial charge in [-0.2, -0.15) is 0 Å². The normalized spacial score (nSPS) is 16.7. The van der Waals surface area contributed by atoms with Gasteiger partial charge in [-0.3, -0.25) is 19.6 Å². The number of hydrazine groups is 2. The van der Waals surface area contributed by atoms with Gasteiger partial charge in [0.1, 0.15) is 0 Å². The number of hydrogen-bond donors (Lipinski definition) is 0. The van der Waals surface area contributed by atoms with Gasteiger partial charge < -0.3 is 0 Å². The van der Waals surface area contributed by atoms with E-state index < -0.39 is 6.17 Å². The molecule has 0 bridgehead atoms. The summed E-state index contributed by atoms with van der Waals surface area (Å²) in [6.07, 6.45) is 0.253. The van der Waals surface area contributed by atoms with Crippen molar-refractivity contribution in [1.82, 2.24) is 10.0 Å². The highest BCUT2D eigenvalue weighted by Crippen LogP contribution is 2.38. The molecule has 0 aliphatic carbocycles. The SMILES string of the molecule is O=C1CCN(c2ccccc2)N1C(c1ccccc1)N1C(=O)CCN1c1ccccc1. The Morgan fingerprint density at radius 2 is 0.935 bits per heavy atom. The molecule has 31 heavy (non-hydrogen) atoms. The van der Waals surface area contributed by atoms with E-state index in [1.165, 1.54) is 0 Å². The Balaban J connectivity index is 1.62. The van der Waals surface area contributed by atoms with Gasteiger partial charge in [-0.25, -0.2) is 10.0 Å². The van der Waals surface area contributed by atoms with E-state index in [-0.39, 0.29) is 11.8 Å². The smallest absolute Gasteiger partial charge is 0.245 e. The van der Waals surface area contributed by atoms with Gasteiger partial charge in [0.15, 0.2) is 6.17 Å². The minimum atomic E-state index is -0.563. The van der Waals surface area contributed by atoms with Gasteiger partial charge in [-0.1, -0.05) is 66.7 Å². The van der Waals surface area contributed by atoms with Crippen molar-refractivity contribution in [3.63, 3.8) is 0 Å². The number of anilines is 2. The second kappa shape index (κ2) is 8.14. The quantitative estimate of drug-likeness (QED) is 0.636. The zero-order chi connectivity index (χ0) is 21.2. The zero-order valence-corrected chi connectivity index (χ0v) is 17.2. The number of carbonyl (C=O) groups is 2. The third kappa shape index (κ3) is 3.50. The molecule has 5 rings (SSSR count). The first-order valence-corrected chi connectivity index (χ1v) is 10.6. The fourth-order valence-corrected chi connectivity index (χ4v) is 4.37. The number of amides is 2. The minimum absolute atomic E-state index is 0.00502. The third-order valence-corrected chi connectivity index (χ3v) is 5.78. The van der Waals surface area contributed by atoms with E-state index >= 15 is 0 Å². The predicted molar refractivity (Wildman–Crippen MR) is 120 cm³/mol. The van der Waals surface area contributed by atoms with E-state index in [1.807, 2.05) is 101 Å². The van der Waals surface area contributed by atoms with Crippen molar-refractivity contribution >= 4 is 23.2 Å². The molecule has 0 N–H and O–H groups in total. The van der Waals surface area contributed by atoms with Gasteiger partial charge in [0.05, 0.1) is 11.4 Å². The van der Waals surface area contributed by atoms with Crippen LogP contribution in [0.4, 0.5) is 11.4 Å². The largest absolute Gasteiger partial charge is 0.280 e. The maximum absolute atomic E-state index is 13.2. The standard InChI is InChI=1S/C25H24N4O2/c30-23-16-18-26(21-12-6-2-7-13-21)28(23)25(20-10-4-1-5-11-20)29-24(31)17-19-27(29)22-14-8-3-9-15-22/h1-15,25H,16-19H2. The van der Waals surface area contributed by atoms with Crippen molar-refractivity contribution in [2.75, 3.05) is 23.1 Å². The first kappa shape index (κ1) is 19.2. The summed E-state index contributed by atoms with van der Waals surface area (Å²) in [4.78, 5) is 26.4. The van der Waals surface area contributed by atoms with Crippen molar-refractivity contribution in [2.45, 2.75) is 19.0 Å². The zero-order valence-electron chi connectivity index (χ0n) is 17.2. The molecule has 6 heteroatoms. The Hall–Kier alpha value is -3.80. The summed E-state index contributed by atoms with van der Waals surface area (Å²) in [5.74, 6) is 0.0100. The van der Waals surface area contributed by atoms with E-state index in [0.29, 0.717) is 25.9 Å². The van der Waals surface area contributed by atoms with Crippen LogP contribution in [0, 0.1) is 0 Å². The van der Waals surface area contributed by atoms with Crippen LogP contribution in [0.2, 0.25) is 0 Å². The molecule has 3 aromatic carbocycles. The second-order valence-electron chi connectivity index (χ2n) is 7.68. The maximum Gasteiger partial charge on any atom is 0.245 e. The highest BCUT2D eigenvalue weighted by atomic mass is 16.2. The topological polar surface area (TPSA) is 47.1 Å². The fourth-order valence-electron chi connectivity index (χ4n) is 4.37. The van der Waals surface area contributed by atoms with Crippen molar-refractivity contribution in [3.8, 4) is 0 Å². The molecule has 0 aromatic heterocycles. The van der Waals surface area contributed by atoms with Crippen molar-refractivity contribution in [2.24, 2.45) is 0 Å². The molecule has 2 fully saturated rings. The summed E-state index contributed by atoms with van der Waals surface area (Å²) in [6.45, 7) is 1.17. The third-order valence-electron chi connectivity index (χ3n) is 5.78. The minimum Gasteiger partial charge on any atom is -0.280 e. The monoisotopic (exact) mass is 412 g/mol. The Bertz CT molecular complexity index is 991. The maximum atomic E-state index is 13.2. The Morgan fingerprint density at radius 1 is 0.548 bits per heavy atom. The molecule has 2 amide bonds. The summed E-state index contributed by atoms with van der Waals surface area (Å²) in [6, 6.07) is 29.6. The van der Waals surface area contributed by atoms with E-state index in [4.69, 9.17) is 0 Å². The highest BCUT2D eigenvalue weighted by molar-refractivity contribution is 5.86. The molecule has 3 aromatic rings. The molecule has 0 unspecified atom stereocenters. The van der Waals surface area contributed by atoms with Crippen LogP contribution >= 0.6 is 0 Å². The molecular weight excluding hydrogens is 388 g/mol. The van der Waals surface area contributed by atoms with Crippen LogP contribution < -0.4 is 10.0 Å². The average Bonchev–Trinajstić information content (AvgIpc) is 3.39. The van der Waals surface area contributed by atoms with Crippen LogP contribution in [0.3, 0.4) is 0 Å². The van der Waals surface area contributed by atoms with Gasteiger partial charge in [-0.15, -0.1) is 0 Å². The molecule has 0 saturated carbocycles. The van der Waals surface area contributed by atoms with Crippen molar-refractivity contribution in [3.05, 3.63) is 96.6 Å². The molecular formula is C25H24N4O2. The molecule has 0 atom stereocenters. The number of rotatable bonds is 5. The van der Waals surface area contributed by atoms with Crippen LogP contribution in [0.15, 0.2) is 91.0 Å². The lowest BCUT2D eigenvalue weighted by Crippen LogP contribution is -2.53. The van der Waals surface area contributed by atoms with Gasteiger partial charge in [0.25, 0.3) is 0 Å². The summed E-state index contributed by atoms with van der Waals surface area (Å²) < 4.78 is 0. The van der Waals surface area contributed by atoms with Crippen LogP contribution in [0.5, 0.6) is 0 Å². The van der Waals surface area contributed by atoms with Crippen molar-refractivity contribution in [1.29, 1.82) is 0 Å². The lowest BCUT2D eigenvalue weighted by molar-refractivity contribution is -0.142. The van der Waals surface area contributed by atoms with Gasteiger partial charge in [0.2, 0.25) is 11.8 Å². The van der Waals surface area contributed by atoms with E-state index in [0.717, 1.165) is 16.9 Å². The van der Waals surface area contributed by atoms with Crippen LogP contribution in [-0.4, -0.2) is 34.9 Å². The Labute approximate surface area is 181 Å². The molecule has 2 saturated heterocycles. The number of hydrogen-bond acceptors (Lipinski definition) is 4. The Kier molecular flexibility index (Phi) is 5.04. The van der Waals surface area contributed by atoms with E-state index in [2.05, 4.69) is 0 Å². The van der Waals surface area contributed by atoms with E-state index in [1.54, 1.807) is 10.0 Å². The lowest BCUT2D eigenvalue weighted by Gasteiger charge is -2.44. The first-order valence-electron chi connectivity index (χ1n) is 10.6. The summed E-state index contributed by atoms with van der Waals surface area (Å²) in [7, 11) is 0. The predicted octanol–water partition coefficient (Wildman–Crippen LogP) is 3.99. The van der Waals surface area contributed by atoms with Crippen LogP contribution in [-0.2, 0) is 9.59 Å². The second-order valence-corrected chi connectivity index (χ2v) is 7.68. The van der Waals surface area contributed by atoms with Gasteiger partial charge in [-0.05, 0) is 29.8 Å². The molecule has 6 nitrogen and oxygen atoms in total.